The third kappa shape index (κ3) is 3.48. The van der Waals surface area contributed by atoms with E-state index in [2.05, 4.69) is 20.3 Å². The van der Waals surface area contributed by atoms with Crippen molar-refractivity contribution in [2.24, 2.45) is 0 Å². The standard InChI is InChI=1S/C15H11F3N4S/c1-9-13(23-8-20-9)12-5-6-19-14(22-12)21-11-4-2-3-10(7-11)15(16,17)18/h2-8H,1H3,(H,19,21,22). The van der Waals surface area contributed by atoms with E-state index in [4.69, 9.17) is 0 Å². The van der Waals surface area contributed by atoms with Crippen LogP contribution in [0.25, 0.3) is 10.6 Å². The molecule has 0 atom stereocenters. The lowest BCUT2D eigenvalue weighted by Gasteiger charge is -2.10. The fraction of sp³-hybridized carbons (Fsp3) is 0.133. The molecule has 0 radical (unpaired) electrons. The van der Waals surface area contributed by atoms with Gasteiger partial charge in [-0.05, 0) is 31.2 Å². The zero-order valence-corrected chi connectivity index (χ0v) is 12.7. The Morgan fingerprint density at radius 2 is 1.96 bits per heavy atom. The highest BCUT2D eigenvalue weighted by molar-refractivity contribution is 7.13. The molecule has 0 unspecified atom stereocenters. The minimum Gasteiger partial charge on any atom is -0.324 e. The molecule has 3 rings (SSSR count). The number of hydrogen-bond donors (Lipinski definition) is 1. The molecule has 1 N–H and O–H groups in total. The van der Waals surface area contributed by atoms with E-state index in [1.807, 2.05) is 6.92 Å². The van der Waals surface area contributed by atoms with E-state index in [9.17, 15) is 13.2 Å². The quantitative estimate of drug-likeness (QED) is 0.755. The second-order valence-electron chi connectivity index (χ2n) is 4.74. The van der Waals surface area contributed by atoms with Crippen molar-refractivity contribution in [3.05, 3.63) is 53.3 Å². The van der Waals surface area contributed by atoms with Gasteiger partial charge in [-0.1, -0.05) is 6.07 Å². The molecular formula is C15H11F3N4S. The third-order valence-electron chi connectivity index (χ3n) is 3.08. The van der Waals surface area contributed by atoms with Crippen LogP contribution in [0.5, 0.6) is 0 Å². The molecule has 4 nitrogen and oxygen atoms in total. The molecule has 3 aromatic rings. The number of aryl methyl sites for hydroxylation is 1. The fourth-order valence-electron chi connectivity index (χ4n) is 2.00. The van der Waals surface area contributed by atoms with Crippen molar-refractivity contribution in [2.75, 3.05) is 5.32 Å². The SMILES string of the molecule is Cc1ncsc1-c1ccnc(Nc2cccc(C(F)(F)F)c2)n1. The van der Waals surface area contributed by atoms with Gasteiger partial charge in [-0.25, -0.2) is 15.0 Å². The van der Waals surface area contributed by atoms with Crippen LogP contribution in [0.3, 0.4) is 0 Å². The normalized spacial score (nSPS) is 11.5. The molecule has 8 heteroatoms. The minimum absolute atomic E-state index is 0.231. The number of benzene rings is 1. The van der Waals surface area contributed by atoms with Crippen molar-refractivity contribution in [1.82, 2.24) is 15.0 Å². The van der Waals surface area contributed by atoms with E-state index in [0.717, 1.165) is 22.7 Å². The summed E-state index contributed by atoms with van der Waals surface area (Å²) in [4.78, 5) is 13.4. The Balaban J connectivity index is 1.88. The van der Waals surface area contributed by atoms with Gasteiger partial charge in [0, 0.05) is 11.9 Å². The predicted molar refractivity (Wildman–Crippen MR) is 82.6 cm³/mol. The molecule has 0 bridgehead atoms. The molecular weight excluding hydrogens is 325 g/mol. The first kappa shape index (κ1) is 15.4. The average Bonchev–Trinajstić information content (AvgIpc) is 2.93. The number of alkyl halides is 3. The highest BCUT2D eigenvalue weighted by atomic mass is 32.1. The number of nitrogens with zero attached hydrogens (tertiary/aromatic N) is 3. The van der Waals surface area contributed by atoms with Crippen LogP contribution in [0, 0.1) is 6.92 Å². The monoisotopic (exact) mass is 336 g/mol. The number of nitrogens with one attached hydrogen (secondary N) is 1. The maximum atomic E-state index is 12.7. The van der Waals surface area contributed by atoms with Gasteiger partial charge in [0.25, 0.3) is 0 Å². The summed E-state index contributed by atoms with van der Waals surface area (Å²) in [5.74, 6) is 0.231. The summed E-state index contributed by atoms with van der Waals surface area (Å²) in [5.41, 5.74) is 2.79. The average molecular weight is 336 g/mol. The largest absolute Gasteiger partial charge is 0.416 e. The highest BCUT2D eigenvalue weighted by Crippen LogP contribution is 2.31. The Morgan fingerprint density at radius 3 is 2.65 bits per heavy atom. The zero-order chi connectivity index (χ0) is 16.4. The number of rotatable bonds is 3. The summed E-state index contributed by atoms with van der Waals surface area (Å²) in [6.07, 6.45) is -2.84. The summed E-state index contributed by atoms with van der Waals surface area (Å²) in [6.45, 7) is 1.87. The van der Waals surface area contributed by atoms with Gasteiger partial charge in [0.05, 0.1) is 27.3 Å². The van der Waals surface area contributed by atoms with Gasteiger partial charge in [0.2, 0.25) is 5.95 Å². The van der Waals surface area contributed by atoms with E-state index >= 15 is 0 Å². The zero-order valence-electron chi connectivity index (χ0n) is 11.9. The molecule has 0 saturated heterocycles. The second-order valence-corrected chi connectivity index (χ2v) is 5.59. The number of aromatic nitrogens is 3. The molecule has 0 spiro atoms. The highest BCUT2D eigenvalue weighted by Gasteiger charge is 2.30. The molecule has 0 amide bonds. The van der Waals surface area contributed by atoms with E-state index in [1.54, 1.807) is 17.8 Å². The lowest BCUT2D eigenvalue weighted by atomic mass is 10.2. The van der Waals surface area contributed by atoms with Crippen LogP contribution in [0.15, 0.2) is 42.0 Å². The number of anilines is 2. The van der Waals surface area contributed by atoms with E-state index in [0.29, 0.717) is 5.69 Å². The lowest BCUT2D eigenvalue weighted by Crippen LogP contribution is -2.05. The van der Waals surface area contributed by atoms with Crippen molar-refractivity contribution in [1.29, 1.82) is 0 Å². The van der Waals surface area contributed by atoms with Crippen molar-refractivity contribution in [3.8, 4) is 10.6 Å². The Morgan fingerprint density at radius 1 is 1.13 bits per heavy atom. The van der Waals surface area contributed by atoms with Gasteiger partial charge in [-0.3, -0.25) is 0 Å². The van der Waals surface area contributed by atoms with Crippen LogP contribution < -0.4 is 5.32 Å². The van der Waals surface area contributed by atoms with Crippen molar-refractivity contribution >= 4 is 23.0 Å². The molecule has 0 aliphatic rings. The Hall–Kier alpha value is -2.48. The van der Waals surface area contributed by atoms with Crippen LogP contribution in [0.1, 0.15) is 11.3 Å². The van der Waals surface area contributed by atoms with Crippen LogP contribution >= 0.6 is 11.3 Å². The smallest absolute Gasteiger partial charge is 0.324 e. The maximum Gasteiger partial charge on any atom is 0.416 e. The summed E-state index contributed by atoms with van der Waals surface area (Å²) < 4.78 is 38.2. The molecule has 2 aromatic heterocycles. The number of halogens is 3. The third-order valence-corrected chi connectivity index (χ3v) is 4.03. The van der Waals surface area contributed by atoms with Gasteiger partial charge in [-0.2, -0.15) is 13.2 Å². The van der Waals surface area contributed by atoms with Gasteiger partial charge >= 0.3 is 6.18 Å². The Bertz CT molecular complexity index is 829. The first-order valence-electron chi connectivity index (χ1n) is 6.61. The van der Waals surface area contributed by atoms with Crippen LogP contribution in [-0.4, -0.2) is 15.0 Å². The molecule has 2 heterocycles. The van der Waals surface area contributed by atoms with Gasteiger partial charge in [0.15, 0.2) is 0 Å². The van der Waals surface area contributed by atoms with Crippen molar-refractivity contribution in [3.63, 3.8) is 0 Å². The molecule has 0 aliphatic carbocycles. The summed E-state index contributed by atoms with van der Waals surface area (Å²) in [7, 11) is 0. The summed E-state index contributed by atoms with van der Waals surface area (Å²) in [5, 5.41) is 2.80. The van der Waals surface area contributed by atoms with Gasteiger partial charge in [-0.15, -0.1) is 11.3 Å². The fourth-order valence-corrected chi connectivity index (χ4v) is 2.77. The molecule has 0 fully saturated rings. The first-order chi connectivity index (χ1) is 10.9. The Kier molecular flexibility index (Phi) is 3.99. The summed E-state index contributed by atoms with van der Waals surface area (Å²) in [6, 6.07) is 6.64. The van der Waals surface area contributed by atoms with Crippen LogP contribution in [-0.2, 0) is 6.18 Å². The van der Waals surface area contributed by atoms with Crippen LogP contribution in [0.2, 0.25) is 0 Å². The van der Waals surface area contributed by atoms with Crippen LogP contribution in [0.4, 0.5) is 24.8 Å². The number of hydrogen-bond acceptors (Lipinski definition) is 5. The maximum absolute atomic E-state index is 12.7. The van der Waals surface area contributed by atoms with Crippen molar-refractivity contribution < 1.29 is 13.2 Å². The molecule has 1 aromatic carbocycles. The van der Waals surface area contributed by atoms with Gasteiger partial charge in [0.1, 0.15) is 0 Å². The summed E-state index contributed by atoms with van der Waals surface area (Å²) >= 11 is 1.45. The topological polar surface area (TPSA) is 50.7 Å². The molecule has 0 saturated carbocycles. The Labute approximate surface area is 134 Å². The van der Waals surface area contributed by atoms with E-state index < -0.39 is 11.7 Å². The lowest BCUT2D eigenvalue weighted by molar-refractivity contribution is -0.137. The first-order valence-corrected chi connectivity index (χ1v) is 7.49. The minimum atomic E-state index is -4.39. The molecule has 23 heavy (non-hydrogen) atoms. The predicted octanol–water partition coefficient (Wildman–Crippen LogP) is 4.67. The van der Waals surface area contributed by atoms with E-state index in [-0.39, 0.29) is 11.6 Å². The number of thiazole rings is 1. The van der Waals surface area contributed by atoms with Gasteiger partial charge < -0.3 is 5.32 Å². The molecule has 0 aliphatic heterocycles. The van der Waals surface area contributed by atoms with Crippen molar-refractivity contribution in [2.45, 2.75) is 13.1 Å². The van der Waals surface area contributed by atoms with E-state index in [1.165, 1.54) is 23.5 Å². The molecule has 118 valence electrons. The second kappa shape index (κ2) is 5.96.